The zero-order valence-electron chi connectivity index (χ0n) is 15.8. The van der Waals surface area contributed by atoms with Crippen LogP contribution in [0.4, 0.5) is 0 Å². The van der Waals surface area contributed by atoms with E-state index in [1.807, 2.05) is 0 Å². The summed E-state index contributed by atoms with van der Waals surface area (Å²) in [4.78, 5) is 14.2. The number of aliphatic hydroxyl groups excluding tert-OH is 1. The molecule has 4 nitrogen and oxygen atoms in total. The second-order valence-electron chi connectivity index (χ2n) is 9.17. The molecule has 2 aliphatic heterocycles. The molecule has 4 heteroatoms. The molecular weight excluding hydrogens is 314 g/mol. The van der Waals surface area contributed by atoms with E-state index in [4.69, 9.17) is 4.74 Å². The number of hydrogen-bond acceptors (Lipinski definition) is 3. The Kier molecular flexibility index (Phi) is 4.70. The zero-order chi connectivity index (χ0) is 17.6. The van der Waals surface area contributed by atoms with Gasteiger partial charge in [0.2, 0.25) is 0 Å². The highest BCUT2D eigenvalue weighted by Crippen LogP contribution is 2.55. The van der Waals surface area contributed by atoms with Crippen molar-refractivity contribution in [3.63, 3.8) is 0 Å². The fourth-order valence-corrected chi connectivity index (χ4v) is 6.04. The number of rotatable bonds is 2. The van der Waals surface area contributed by atoms with Gasteiger partial charge in [0.05, 0.1) is 25.7 Å². The van der Waals surface area contributed by atoms with Crippen molar-refractivity contribution in [1.82, 2.24) is 0 Å². The van der Waals surface area contributed by atoms with Gasteiger partial charge in [-0.15, -0.1) is 0 Å². The average Bonchev–Trinajstić information content (AvgIpc) is 2.76. The third kappa shape index (κ3) is 2.86. The standard InChI is InChI=1S/C21H33NO3/c1-14-8-7-9-15-12-17-18(19(23)21(14,15)2)16(20(24)25-17)13-22-10-5-3-4-6-11-22/h9,14,16-19,23H,3-8,10-13H2,1-2H3/p+1/t14-,16+,17-,18-,19-,21-/m1/s1. The Balaban J connectivity index is 1.57. The molecular formula is C21H34NO3+. The number of allylic oxidation sites excluding steroid dienone is 1. The summed E-state index contributed by atoms with van der Waals surface area (Å²) in [6.45, 7) is 7.66. The highest BCUT2D eigenvalue weighted by atomic mass is 16.6. The second kappa shape index (κ2) is 6.70. The van der Waals surface area contributed by atoms with E-state index in [0.717, 1.165) is 38.9 Å². The SMILES string of the molecule is C[C@@H]1CCC=C2C[C@H]3OC(=O)[C@@H](C[NH+]4CCCCCC4)[C@H]3[C@@H](O)[C@@]21C. The maximum absolute atomic E-state index is 12.7. The number of aliphatic hydroxyl groups is 1. The number of hydrogen-bond donors (Lipinski definition) is 2. The van der Waals surface area contributed by atoms with Crippen molar-refractivity contribution >= 4 is 5.97 Å². The van der Waals surface area contributed by atoms with Gasteiger partial charge in [0.1, 0.15) is 12.0 Å². The van der Waals surface area contributed by atoms with Crippen LogP contribution in [0.2, 0.25) is 0 Å². The first-order chi connectivity index (χ1) is 12.0. The summed E-state index contributed by atoms with van der Waals surface area (Å²) in [5, 5.41) is 11.4. The molecule has 2 N–H and O–H groups in total. The first-order valence-corrected chi connectivity index (χ1v) is 10.4. The minimum Gasteiger partial charge on any atom is -0.461 e. The first kappa shape index (κ1) is 17.5. The van der Waals surface area contributed by atoms with E-state index in [0.29, 0.717) is 5.92 Å². The molecule has 2 heterocycles. The van der Waals surface area contributed by atoms with Gasteiger partial charge in [0, 0.05) is 17.8 Å². The molecule has 0 spiro atoms. The van der Waals surface area contributed by atoms with Gasteiger partial charge in [-0.1, -0.05) is 25.5 Å². The van der Waals surface area contributed by atoms with E-state index in [9.17, 15) is 9.90 Å². The number of esters is 1. The molecule has 0 aromatic carbocycles. The van der Waals surface area contributed by atoms with Crippen LogP contribution < -0.4 is 4.90 Å². The number of carbonyl (C=O) groups excluding carboxylic acids is 1. The average molecular weight is 349 g/mol. The van der Waals surface area contributed by atoms with E-state index in [1.54, 1.807) is 0 Å². The summed E-state index contributed by atoms with van der Waals surface area (Å²) >= 11 is 0. The van der Waals surface area contributed by atoms with Crippen molar-refractivity contribution in [3.05, 3.63) is 11.6 Å². The predicted octanol–water partition coefficient (Wildman–Crippen LogP) is 1.73. The summed E-state index contributed by atoms with van der Waals surface area (Å²) in [6.07, 6.45) is 9.94. The van der Waals surface area contributed by atoms with E-state index >= 15 is 0 Å². The van der Waals surface area contributed by atoms with E-state index in [1.165, 1.54) is 36.2 Å². The number of nitrogens with one attached hydrogen (secondary N) is 1. The van der Waals surface area contributed by atoms with Gasteiger partial charge in [-0.25, -0.2) is 0 Å². The highest BCUT2D eigenvalue weighted by molar-refractivity contribution is 5.76. The van der Waals surface area contributed by atoms with Crippen LogP contribution in [0.15, 0.2) is 11.6 Å². The van der Waals surface area contributed by atoms with E-state index in [2.05, 4.69) is 19.9 Å². The number of quaternary nitrogens is 1. The van der Waals surface area contributed by atoms with Gasteiger partial charge < -0.3 is 14.7 Å². The van der Waals surface area contributed by atoms with Crippen LogP contribution in [0.25, 0.3) is 0 Å². The van der Waals surface area contributed by atoms with E-state index in [-0.39, 0.29) is 29.3 Å². The lowest BCUT2D eigenvalue weighted by molar-refractivity contribution is -0.902. The largest absolute Gasteiger partial charge is 0.461 e. The Hall–Kier alpha value is -0.870. The lowest BCUT2D eigenvalue weighted by atomic mass is 9.55. The second-order valence-corrected chi connectivity index (χ2v) is 9.17. The maximum atomic E-state index is 12.7. The predicted molar refractivity (Wildman–Crippen MR) is 96.1 cm³/mol. The van der Waals surface area contributed by atoms with Crippen LogP contribution in [-0.2, 0) is 9.53 Å². The first-order valence-electron chi connectivity index (χ1n) is 10.4. The summed E-state index contributed by atoms with van der Waals surface area (Å²) < 4.78 is 5.80. The quantitative estimate of drug-likeness (QED) is 0.590. The summed E-state index contributed by atoms with van der Waals surface area (Å²) in [5.74, 6) is 0.262. The minimum atomic E-state index is -0.462. The number of carbonyl (C=O) groups is 1. The van der Waals surface area contributed by atoms with Crippen molar-refractivity contribution in [2.75, 3.05) is 19.6 Å². The third-order valence-corrected chi connectivity index (χ3v) is 7.89. The molecule has 0 unspecified atom stereocenters. The monoisotopic (exact) mass is 348 g/mol. The molecule has 0 bridgehead atoms. The van der Waals surface area contributed by atoms with Crippen LogP contribution in [0, 0.1) is 23.2 Å². The van der Waals surface area contributed by atoms with Gasteiger partial charge >= 0.3 is 5.97 Å². The van der Waals surface area contributed by atoms with Gasteiger partial charge in [0.25, 0.3) is 0 Å². The molecule has 4 aliphatic rings. The highest BCUT2D eigenvalue weighted by Gasteiger charge is 2.60. The molecule has 1 saturated carbocycles. The van der Waals surface area contributed by atoms with Gasteiger partial charge in [-0.05, 0) is 44.4 Å². The smallest absolute Gasteiger partial charge is 0.315 e. The van der Waals surface area contributed by atoms with Crippen LogP contribution in [0.5, 0.6) is 0 Å². The Labute approximate surface area is 151 Å². The normalized spacial score (nSPS) is 45.2. The van der Waals surface area contributed by atoms with E-state index < -0.39 is 6.10 Å². The van der Waals surface area contributed by atoms with Crippen LogP contribution >= 0.6 is 0 Å². The van der Waals surface area contributed by atoms with Crippen molar-refractivity contribution in [2.24, 2.45) is 23.2 Å². The Morgan fingerprint density at radius 1 is 1.28 bits per heavy atom. The topological polar surface area (TPSA) is 51.0 Å². The summed E-state index contributed by atoms with van der Waals surface area (Å²) in [5.41, 5.74) is 1.15. The molecule has 0 aromatic rings. The van der Waals surface area contributed by atoms with Crippen molar-refractivity contribution < 1.29 is 19.5 Å². The Bertz CT molecular complexity index is 551. The number of likely N-dealkylation sites (tertiary alicyclic amines) is 1. The molecule has 4 rings (SSSR count). The summed E-state index contributed by atoms with van der Waals surface area (Å²) in [6, 6.07) is 0. The molecule has 25 heavy (non-hydrogen) atoms. The molecule has 6 atom stereocenters. The number of fused-ring (bicyclic) bond motifs is 2. The molecule has 0 amide bonds. The summed E-state index contributed by atoms with van der Waals surface area (Å²) in [7, 11) is 0. The van der Waals surface area contributed by atoms with Gasteiger partial charge in [0.15, 0.2) is 0 Å². The van der Waals surface area contributed by atoms with Crippen molar-refractivity contribution in [3.8, 4) is 0 Å². The lowest BCUT2D eigenvalue weighted by Crippen LogP contribution is -3.12. The Morgan fingerprint density at radius 3 is 2.72 bits per heavy atom. The minimum absolute atomic E-state index is 0.0223. The van der Waals surface area contributed by atoms with Crippen LogP contribution in [-0.4, -0.2) is 42.9 Å². The molecule has 2 aliphatic carbocycles. The molecule has 0 radical (unpaired) electrons. The molecule has 140 valence electrons. The zero-order valence-corrected chi connectivity index (χ0v) is 15.8. The molecule has 3 fully saturated rings. The molecule has 0 aromatic heterocycles. The number of ether oxygens (including phenoxy) is 1. The van der Waals surface area contributed by atoms with Gasteiger partial charge in [-0.2, -0.15) is 0 Å². The van der Waals surface area contributed by atoms with Crippen LogP contribution in [0.3, 0.4) is 0 Å². The Morgan fingerprint density at radius 2 is 2.00 bits per heavy atom. The van der Waals surface area contributed by atoms with Crippen molar-refractivity contribution in [1.29, 1.82) is 0 Å². The maximum Gasteiger partial charge on any atom is 0.315 e. The fourth-order valence-electron chi connectivity index (χ4n) is 6.04. The van der Waals surface area contributed by atoms with Crippen molar-refractivity contribution in [2.45, 2.75) is 71.0 Å². The third-order valence-electron chi connectivity index (χ3n) is 7.89. The van der Waals surface area contributed by atoms with Gasteiger partial charge in [-0.3, -0.25) is 4.79 Å². The fraction of sp³-hybridized carbons (Fsp3) is 0.857. The lowest BCUT2D eigenvalue weighted by Gasteiger charge is -2.51. The van der Waals surface area contributed by atoms with Crippen LogP contribution in [0.1, 0.15) is 58.8 Å². The molecule has 2 saturated heterocycles.